The molecule has 3 heterocycles. The largest absolute Gasteiger partial charge is 0.495 e. The van der Waals surface area contributed by atoms with Gasteiger partial charge < -0.3 is 39.1 Å². The van der Waals surface area contributed by atoms with Crippen molar-refractivity contribution in [3.05, 3.63) is 24.3 Å². The van der Waals surface area contributed by atoms with E-state index in [1.165, 1.54) is 7.11 Å². The first-order chi connectivity index (χ1) is 15.0. The molecule has 0 bridgehead atoms. The molecule has 3 aliphatic heterocycles. The smallest absolute Gasteiger partial charge is 0.252 e. The Balaban J connectivity index is 1.45. The van der Waals surface area contributed by atoms with Crippen LogP contribution in [0.1, 0.15) is 34.6 Å². The molecule has 32 heavy (non-hydrogen) atoms. The number of para-hydroxylation sites is 2. The minimum Gasteiger partial charge on any atom is -0.495 e. The molecule has 0 radical (unpaired) electrons. The Labute approximate surface area is 186 Å². The van der Waals surface area contributed by atoms with E-state index in [1.54, 1.807) is 58.9 Å². The number of benzene rings is 1. The predicted molar refractivity (Wildman–Crippen MR) is 112 cm³/mol. The molecule has 3 fully saturated rings. The maximum absolute atomic E-state index is 13.1. The molecule has 3 aliphatic rings. The topological polar surface area (TPSA) is 114 Å². The third kappa shape index (κ3) is 4.46. The number of methoxy groups -OCH3 is 1. The first-order valence-corrected chi connectivity index (χ1v) is 10.6. The highest BCUT2D eigenvalue weighted by Gasteiger charge is 2.62. The Morgan fingerprint density at radius 3 is 2.31 bits per heavy atom. The van der Waals surface area contributed by atoms with Gasteiger partial charge in [0.05, 0.1) is 12.8 Å². The monoisotopic (exact) mass is 450 g/mol. The van der Waals surface area contributed by atoms with Crippen LogP contribution in [0.2, 0.25) is 0 Å². The fourth-order valence-corrected chi connectivity index (χ4v) is 4.17. The summed E-state index contributed by atoms with van der Waals surface area (Å²) in [6.45, 7) is 8.65. The molecule has 2 amide bonds. The van der Waals surface area contributed by atoms with Crippen molar-refractivity contribution in [2.75, 3.05) is 12.4 Å². The number of carbonyl (C=O) groups is 2. The van der Waals surface area contributed by atoms with Crippen molar-refractivity contribution in [3.63, 3.8) is 0 Å². The summed E-state index contributed by atoms with van der Waals surface area (Å²) in [7, 11) is 1.52. The van der Waals surface area contributed by atoms with Gasteiger partial charge in [0.25, 0.3) is 5.91 Å². The number of nitrogens with one attached hydrogen (secondary N) is 2. The summed E-state index contributed by atoms with van der Waals surface area (Å²) in [5.74, 6) is -2.20. The number of amides is 2. The van der Waals surface area contributed by atoms with Gasteiger partial charge in [0, 0.05) is 0 Å². The zero-order valence-electron chi connectivity index (χ0n) is 19.0. The van der Waals surface area contributed by atoms with E-state index in [-0.39, 0.29) is 0 Å². The van der Waals surface area contributed by atoms with Crippen LogP contribution in [0.4, 0.5) is 5.69 Å². The molecule has 0 aromatic heterocycles. The van der Waals surface area contributed by atoms with Gasteiger partial charge in [-0.05, 0) is 46.8 Å². The predicted octanol–water partition coefficient (Wildman–Crippen LogP) is 1.53. The molecule has 0 spiro atoms. The van der Waals surface area contributed by atoms with Gasteiger partial charge in [-0.2, -0.15) is 0 Å². The molecule has 10 heteroatoms. The lowest BCUT2D eigenvalue weighted by Gasteiger charge is -2.36. The summed E-state index contributed by atoms with van der Waals surface area (Å²) in [6, 6.07) is 6.17. The van der Waals surface area contributed by atoms with Gasteiger partial charge >= 0.3 is 0 Å². The normalized spacial score (nSPS) is 33.0. The molecule has 1 aromatic carbocycles. The summed E-state index contributed by atoms with van der Waals surface area (Å²) in [5.41, 5.74) is 0.505. The summed E-state index contributed by atoms with van der Waals surface area (Å²) >= 11 is 0. The molecule has 1 aromatic rings. The first kappa shape index (κ1) is 22.9. The zero-order chi connectivity index (χ0) is 23.3. The van der Waals surface area contributed by atoms with E-state index < -0.39 is 60.1 Å². The van der Waals surface area contributed by atoms with Gasteiger partial charge in [-0.3, -0.25) is 9.59 Å². The second-order valence-electron chi connectivity index (χ2n) is 9.01. The van der Waals surface area contributed by atoms with Crippen molar-refractivity contribution in [3.8, 4) is 5.75 Å². The number of hydrogen-bond donors (Lipinski definition) is 2. The SMILES string of the molecule is COc1ccccc1NC(=O)[C@H](C)NC(=O)[C@@H]1O[C@@H]2OC(C)(C)O[C@@H]2[C@@H]2OC(C)(C)O[C@@H]21. The van der Waals surface area contributed by atoms with Crippen LogP contribution in [-0.2, 0) is 33.3 Å². The third-order valence-corrected chi connectivity index (χ3v) is 5.53. The molecular weight excluding hydrogens is 420 g/mol. The van der Waals surface area contributed by atoms with Crippen molar-refractivity contribution in [2.45, 2.75) is 82.9 Å². The number of rotatable bonds is 5. The Hall–Kier alpha value is -2.24. The van der Waals surface area contributed by atoms with E-state index >= 15 is 0 Å². The van der Waals surface area contributed by atoms with E-state index in [2.05, 4.69) is 10.6 Å². The van der Waals surface area contributed by atoms with Crippen molar-refractivity contribution in [1.82, 2.24) is 5.32 Å². The van der Waals surface area contributed by atoms with Crippen LogP contribution in [0.5, 0.6) is 5.75 Å². The highest BCUT2D eigenvalue weighted by atomic mass is 16.9. The van der Waals surface area contributed by atoms with Crippen LogP contribution in [-0.4, -0.2) is 67.2 Å². The Morgan fingerprint density at radius 2 is 1.59 bits per heavy atom. The van der Waals surface area contributed by atoms with Crippen molar-refractivity contribution in [2.24, 2.45) is 0 Å². The molecule has 6 atom stereocenters. The number of fused-ring (bicyclic) bond motifs is 3. The highest BCUT2D eigenvalue weighted by Crippen LogP contribution is 2.44. The summed E-state index contributed by atoms with van der Waals surface area (Å²) in [4.78, 5) is 25.8. The van der Waals surface area contributed by atoms with Crippen LogP contribution in [0, 0.1) is 0 Å². The van der Waals surface area contributed by atoms with Crippen molar-refractivity contribution >= 4 is 17.5 Å². The standard InChI is InChI=1S/C22H30N2O8/c1-11(18(25)24-12-9-7-8-10-13(12)27-6)23-19(26)16-14-15(30-21(2,3)29-14)17-20(28-16)32-22(4,5)31-17/h7-11,14-17,20H,1-6H3,(H,23,26)(H,24,25)/t11-,14-,15+,16+,17+,20+/m0/s1. The van der Waals surface area contributed by atoms with Crippen LogP contribution >= 0.6 is 0 Å². The van der Waals surface area contributed by atoms with Crippen LogP contribution in [0.25, 0.3) is 0 Å². The van der Waals surface area contributed by atoms with Crippen LogP contribution in [0.15, 0.2) is 24.3 Å². The molecule has 10 nitrogen and oxygen atoms in total. The lowest BCUT2D eigenvalue weighted by molar-refractivity contribution is -0.231. The van der Waals surface area contributed by atoms with E-state index in [4.69, 9.17) is 28.4 Å². The Morgan fingerprint density at radius 1 is 0.969 bits per heavy atom. The summed E-state index contributed by atoms with van der Waals surface area (Å²) in [6.07, 6.45) is -3.64. The van der Waals surface area contributed by atoms with Gasteiger partial charge in [0.15, 0.2) is 24.0 Å². The second-order valence-corrected chi connectivity index (χ2v) is 9.01. The Bertz CT molecular complexity index is 888. The van der Waals surface area contributed by atoms with Gasteiger partial charge in [0.1, 0.15) is 30.1 Å². The highest BCUT2D eigenvalue weighted by molar-refractivity contribution is 5.98. The van der Waals surface area contributed by atoms with E-state index in [0.717, 1.165) is 0 Å². The van der Waals surface area contributed by atoms with Gasteiger partial charge in [0.2, 0.25) is 5.91 Å². The molecule has 4 rings (SSSR count). The lowest BCUT2D eigenvalue weighted by Crippen LogP contribution is -2.60. The average molecular weight is 450 g/mol. The molecule has 0 saturated carbocycles. The van der Waals surface area contributed by atoms with Gasteiger partial charge in [-0.25, -0.2) is 0 Å². The summed E-state index contributed by atoms with van der Waals surface area (Å²) in [5, 5.41) is 5.46. The average Bonchev–Trinajstić information content (AvgIpc) is 3.21. The van der Waals surface area contributed by atoms with Gasteiger partial charge in [-0.1, -0.05) is 12.1 Å². The Kier molecular flexibility index (Phi) is 5.93. The van der Waals surface area contributed by atoms with E-state index in [1.807, 2.05) is 0 Å². The fraction of sp³-hybridized carbons (Fsp3) is 0.636. The minimum atomic E-state index is -1.04. The van der Waals surface area contributed by atoms with Crippen molar-refractivity contribution < 1.29 is 38.0 Å². The van der Waals surface area contributed by atoms with Crippen LogP contribution < -0.4 is 15.4 Å². The molecule has 176 valence electrons. The zero-order valence-corrected chi connectivity index (χ0v) is 19.0. The van der Waals surface area contributed by atoms with E-state index in [0.29, 0.717) is 11.4 Å². The van der Waals surface area contributed by atoms with Crippen molar-refractivity contribution in [1.29, 1.82) is 0 Å². The van der Waals surface area contributed by atoms with Crippen LogP contribution in [0.3, 0.4) is 0 Å². The summed E-state index contributed by atoms with van der Waals surface area (Å²) < 4.78 is 34.9. The molecule has 2 N–H and O–H groups in total. The third-order valence-electron chi connectivity index (χ3n) is 5.53. The maximum atomic E-state index is 13.1. The van der Waals surface area contributed by atoms with Gasteiger partial charge in [-0.15, -0.1) is 0 Å². The maximum Gasteiger partial charge on any atom is 0.252 e. The molecule has 0 aliphatic carbocycles. The number of carbonyl (C=O) groups excluding carboxylic acids is 2. The number of ether oxygens (including phenoxy) is 6. The minimum absolute atomic E-state index is 0.404. The first-order valence-electron chi connectivity index (χ1n) is 10.6. The number of anilines is 1. The second kappa shape index (κ2) is 8.27. The molecular formula is C22H30N2O8. The quantitative estimate of drug-likeness (QED) is 0.695. The molecule has 0 unspecified atom stereocenters. The fourth-order valence-electron chi connectivity index (χ4n) is 4.17. The molecule has 3 saturated heterocycles. The number of hydrogen-bond acceptors (Lipinski definition) is 8. The van der Waals surface area contributed by atoms with E-state index in [9.17, 15) is 9.59 Å². The lowest BCUT2D eigenvalue weighted by atomic mass is 9.98.